The number of aryl methyl sites for hydroxylation is 2. The Hall–Kier alpha value is -1.59. The standard InChI is InChI=1S/C19H33N5/c1-15-6-7-18(16(2)12-15)14-22-19(20-4)21-13-17(3)24-10-8-23(5)9-11-24/h6-7,12,17H,8-11,13-14H2,1-5H3,(H2,20,21,22). The van der Waals surface area contributed by atoms with Crippen molar-refractivity contribution in [2.75, 3.05) is 46.8 Å². The molecule has 1 aliphatic rings. The molecule has 1 aliphatic heterocycles. The molecule has 1 fully saturated rings. The third-order valence-corrected chi connectivity index (χ3v) is 4.89. The van der Waals surface area contributed by atoms with Gasteiger partial charge in [0.2, 0.25) is 0 Å². The Labute approximate surface area is 147 Å². The molecule has 2 N–H and O–H groups in total. The molecule has 0 spiro atoms. The smallest absolute Gasteiger partial charge is 0.191 e. The van der Waals surface area contributed by atoms with Gasteiger partial charge in [-0.3, -0.25) is 9.89 Å². The Balaban J connectivity index is 1.78. The van der Waals surface area contributed by atoms with Gasteiger partial charge < -0.3 is 15.5 Å². The van der Waals surface area contributed by atoms with Crippen LogP contribution >= 0.6 is 0 Å². The average molecular weight is 332 g/mol. The number of nitrogens with one attached hydrogen (secondary N) is 2. The fourth-order valence-electron chi connectivity index (χ4n) is 3.08. The lowest BCUT2D eigenvalue weighted by Crippen LogP contribution is -2.52. The number of hydrogen-bond acceptors (Lipinski definition) is 3. The van der Waals surface area contributed by atoms with Crippen LogP contribution in [0.5, 0.6) is 0 Å². The number of benzene rings is 1. The first-order chi connectivity index (χ1) is 11.5. The molecule has 1 heterocycles. The van der Waals surface area contributed by atoms with Crippen molar-refractivity contribution >= 4 is 5.96 Å². The van der Waals surface area contributed by atoms with Crippen molar-refractivity contribution in [3.8, 4) is 0 Å². The Kier molecular flexibility index (Phi) is 7.06. The SMILES string of the molecule is CN=C(NCc1ccc(C)cc1C)NCC(C)N1CCN(C)CC1. The molecule has 1 aromatic carbocycles. The quantitative estimate of drug-likeness (QED) is 0.635. The van der Waals surface area contributed by atoms with Crippen molar-refractivity contribution < 1.29 is 0 Å². The highest BCUT2D eigenvalue weighted by atomic mass is 15.3. The minimum atomic E-state index is 0.512. The molecule has 0 aliphatic carbocycles. The molecule has 0 radical (unpaired) electrons. The monoisotopic (exact) mass is 331 g/mol. The van der Waals surface area contributed by atoms with E-state index in [9.17, 15) is 0 Å². The molecule has 1 atom stereocenters. The second-order valence-corrected chi connectivity index (χ2v) is 6.92. The van der Waals surface area contributed by atoms with E-state index in [4.69, 9.17) is 0 Å². The zero-order chi connectivity index (χ0) is 17.5. The molecule has 0 amide bonds. The van der Waals surface area contributed by atoms with Gasteiger partial charge in [0.15, 0.2) is 5.96 Å². The van der Waals surface area contributed by atoms with Crippen LogP contribution in [-0.2, 0) is 6.54 Å². The van der Waals surface area contributed by atoms with E-state index in [0.29, 0.717) is 6.04 Å². The summed E-state index contributed by atoms with van der Waals surface area (Å²) in [4.78, 5) is 9.28. The fourth-order valence-corrected chi connectivity index (χ4v) is 3.08. The van der Waals surface area contributed by atoms with Crippen LogP contribution in [0.3, 0.4) is 0 Å². The maximum Gasteiger partial charge on any atom is 0.191 e. The van der Waals surface area contributed by atoms with Crippen LogP contribution in [0, 0.1) is 13.8 Å². The van der Waals surface area contributed by atoms with Crippen molar-refractivity contribution in [2.24, 2.45) is 4.99 Å². The van der Waals surface area contributed by atoms with Gasteiger partial charge in [-0.25, -0.2) is 0 Å². The Morgan fingerprint density at radius 3 is 2.50 bits per heavy atom. The molecule has 1 aromatic rings. The van der Waals surface area contributed by atoms with E-state index < -0.39 is 0 Å². The van der Waals surface area contributed by atoms with Crippen molar-refractivity contribution in [1.82, 2.24) is 20.4 Å². The molecule has 5 nitrogen and oxygen atoms in total. The fraction of sp³-hybridized carbons (Fsp3) is 0.632. The first-order valence-electron chi connectivity index (χ1n) is 8.93. The molecule has 1 unspecified atom stereocenters. The van der Waals surface area contributed by atoms with Gasteiger partial charge in [-0.15, -0.1) is 0 Å². The summed E-state index contributed by atoms with van der Waals surface area (Å²) in [5.74, 6) is 0.871. The zero-order valence-electron chi connectivity index (χ0n) is 15.9. The first-order valence-corrected chi connectivity index (χ1v) is 8.93. The van der Waals surface area contributed by atoms with Crippen LogP contribution < -0.4 is 10.6 Å². The van der Waals surface area contributed by atoms with Gasteiger partial charge in [0.1, 0.15) is 0 Å². The van der Waals surface area contributed by atoms with Gasteiger partial charge in [0, 0.05) is 52.4 Å². The first kappa shape index (κ1) is 18.7. The third-order valence-electron chi connectivity index (χ3n) is 4.89. The van der Waals surface area contributed by atoms with Crippen molar-refractivity contribution in [1.29, 1.82) is 0 Å². The zero-order valence-corrected chi connectivity index (χ0v) is 15.9. The van der Waals surface area contributed by atoms with Crippen LogP contribution in [0.1, 0.15) is 23.6 Å². The summed E-state index contributed by atoms with van der Waals surface area (Å²) < 4.78 is 0. The maximum absolute atomic E-state index is 4.35. The van der Waals surface area contributed by atoms with E-state index in [0.717, 1.165) is 45.2 Å². The van der Waals surface area contributed by atoms with Gasteiger partial charge in [0.05, 0.1) is 0 Å². The predicted octanol–water partition coefficient (Wildman–Crippen LogP) is 1.60. The summed E-state index contributed by atoms with van der Waals surface area (Å²) in [6.07, 6.45) is 0. The Morgan fingerprint density at radius 1 is 1.17 bits per heavy atom. The van der Waals surface area contributed by atoms with E-state index in [1.807, 2.05) is 7.05 Å². The summed E-state index contributed by atoms with van der Waals surface area (Å²) in [6.45, 7) is 12.9. The number of hydrogen-bond donors (Lipinski definition) is 2. The van der Waals surface area contributed by atoms with E-state index in [1.54, 1.807) is 0 Å². The van der Waals surface area contributed by atoms with Gasteiger partial charge >= 0.3 is 0 Å². The van der Waals surface area contributed by atoms with Gasteiger partial charge in [0.25, 0.3) is 0 Å². The van der Waals surface area contributed by atoms with Crippen LogP contribution in [0.15, 0.2) is 23.2 Å². The number of nitrogens with zero attached hydrogens (tertiary/aromatic N) is 3. The largest absolute Gasteiger partial charge is 0.355 e. The minimum Gasteiger partial charge on any atom is -0.355 e. The molecule has 5 heteroatoms. The highest BCUT2D eigenvalue weighted by Gasteiger charge is 2.19. The molecule has 1 saturated heterocycles. The second-order valence-electron chi connectivity index (χ2n) is 6.92. The molecule has 2 rings (SSSR count). The summed E-state index contributed by atoms with van der Waals surface area (Å²) in [5.41, 5.74) is 3.94. The topological polar surface area (TPSA) is 42.9 Å². The van der Waals surface area contributed by atoms with Gasteiger partial charge in [-0.05, 0) is 38.9 Å². The number of rotatable bonds is 5. The van der Waals surface area contributed by atoms with Crippen molar-refractivity contribution in [2.45, 2.75) is 33.4 Å². The van der Waals surface area contributed by atoms with Crippen LogP contribution in [0.4, 0.5) is 0 Å². The molecule has 0 saturated carbocycles. The lowest BCUT2D eigenvalue weighted by molar-refractivity contribution is 0.120. The van der Waals surface area contributed by atoms with E-state index in [1.165, 1.54) is 16.7 Å². The van der Waals surface area contributed by atoms with Crippen LogP contribution in [0.2, 0.25) is 0 Å². The van der Waals surface area contributed by atoms with E-state index >= 15 is 0 Å². The average Bonchev–Trinajstić information content (AvgIpc) is 2.57. The number of likely N-dealkylation sites (N-methyl/N-ethyl adjacent to an activating group) is 1. The van der Waals surface area contributed by atoms with E-state index in [2.05, 4.69) is 71.4 Å². The van der Waals surface area contributed by atoms with Gasteiger partial charge in [-0.1, -0.05) is 23.8 Å². The Bertz CT molecular complexity index is 547. The summed E-state index contributed by atoms with van der Waals surface area (Å²) in [7, 11) is 4.02. The second kappa shape index (κ2) is 9.04. The highest BCUT2D eigenvalue weighted by molar-refractivity contribution is 5.79. The Morgan fingerprint density at radius 2 is 1.88 bits per heavy atom. The predicted molar refractivity (Wildman–Crippen MR) is 103 cm³/mol. The highest BCUT2D eigenvalue weighted by Crippen LogP contribution is 2.10. The molecular formula is C19H33N5. The summed E-state index contributed by atoms with van der Waals surface area (Å²) >= 11 is 0. The van der Waals surface area contributed by atoms with Crippen molar-refractivity contribution in [3.05, 3.63) is 34.9 Å². The molecule has 134 valence electrons. The molecule has 0 bridgehead atoms. The number of aliphatic imine (C=N–C) groups is 1. The van der Waals surface area contributed by atoms with E-state index in [-0.39, 0.29) is 0 Å². The lowest BCUT2D eigenvalue weighted by atomic mass is 10.1. The summed E-state index contributed by atoms with van der Waals surface area (Å²) in [6, 6.07) is 7.09. The van der Waals surface area contributed by atoms with Crippen LogP contribution in [0.25, 0.3) is 0 Å². The minimum absolute atomic E-state index is 0.512. The maximum atomic E-state index is 4.35. The van der Waals surface area contributed by atoms with Crippen LogP contribution in [-0.4, -0.2) is 68.6 Å². The normalized spacial score (nSPS) is 18.5. The third kappa shape index (κ3) is 5.49. The van der Waals surface area contributed by atoms with Gasteiger partial charge in [-0.2, -0.15) is 0 Å². The molecular weight excluding hydrogens is 298 g/mol. The number of guanidine groups is 1. The van der Waals surface area contributed by atoms with Crippen molar-refractivity contribution in [3.63, 3.8) is 0 Å². The number of piperazine rings is 1. The molecule has 0 aromatic heterocycles. The molecule has 24 heavy (non-hydrogen) atoms. The lowest BCUT2D eigenvalue weighted by Gasteiger charge is -2.36. The summed E-state index contributed by atoms with van der Waals surface area (Å²) in [5, 5.41) is 6.89.